The van der Waals surface area contributed by atoms with Gasteiger partial charge < -0.3 is 14.6 Å². The number of Topliss-reactive ketones (excluding diaryl/α,β-unsaturated/α-hetero) is 1. The van der Waals surface area contributed by atoms with E-state index < -0.39 is 86.5 Å². The number of aliphatic hydroxyl groups is 1. The van der Waals surface area contributed by atoms with E-state index in [1.807, 2.05) is 6.92 Å². The van der Waals surface area contributed by atoms with Crippen LogP contribution in [0.1, 0.15) is 78.6 Å². The number of hydrogen-bond donors (Lipinski definition) is 7. The molecule has 19 nitrogen and oxygen atoms in total. The molecule has 4 aliphatic rings. The minimum absolute atomic E-state index is 0.00644. The summed E-state index contributed by atoms with van der Waals surface area (Å²) in [6, 6.07) is 0. The molecule has 7 N–H and O–H groups in total. The van der Waals surface area contributed by atoms with Crippen molar-refractivity contribution in [1.82, 2.24) is 16.2 Å². The molecule has 0 aromatic rings. The number of alkyl halides is 1. The molecular formula is C32H48ClN3O16. The molecule has 3 saturated carbocycles. The molecule has 0 spiro atoms. The number of carbonyl (C=O) groups is 4. The van der Waals surface area contributed by atoms with E-state index in [1.54, 1.807) is 26.0 Å². The summed E-state index contributed by atoms with van der Waals surface area (Å²) in [6.45, 7) is 3.82. The topological polar surface area (TPSA) is 266 Å². The first-order valence-corrected chi connectivity index (χ1v) is 17.4. The Bertz CT molecular complexity index is 1400. The normalized spacial score (nSPS) is 34.5. The van der Waals surface area contributed by atoms with Crippen LogP contribution in [-0.4, -0.2) is 119 Å². The molecule has 0 heterocycles. The third-order valence-corrected chi connectivity index (χ3v) is 12.4. The van der Waals surface area contributed by atoms with Gasteiger partial charge in [0.2, 0.25) is 5.78 Å². The lowest BCUT2D eigenvalue weighted by Gasteiger charge is -2.64. The van der Waals surface area contributed by atoms with E-state index in [4.69, 9.17) is 52.3 Å². The van der Waals surface area contributed by atoms with E-state index in [0.29, 0.717) is 19.3 Å². The van der Waals surface area contributed by atoms with Crippen LogP contribution >= 0.6 is 11.6 Å². The first-order chi connectivity index (χ1) is 24.3. The molecule has 52 heavy (non-hydrogen) atoms. The van der Waals surface area contributed by atoms with Crippen LogP contribution in [0.25, 0.3) is 0 Å². The predicted octanol–water partition coefficient (Wildman–Crippen LogP) is 2.62. The molecule has 4 rings (SSSR count). The molecule has 0 aromatic heterocycles. The van der Waals surface area contributed by atoms with Gasteiger partial charge in [0.05, 0.1) is 33.8 Å². The summed E-state index contributed by atoms with van der Waals surface area (Å²) in [4.78, 5) is 65.3. The summed E-state index contributed by atoms with van der Waals surface area (Å²) in [5.74, 6) is -3.87. The fourth-order valence-electron chi connectivity index (χ4n) is 9.24. The molecule has 0 bridgehead atoms. The Hall–Kier alpha value is -2.47. The van der Waals surface area contributed by atoms with Gasteiger partial charge in [0.15, 0.2) is 18.0 Å². The molecular weight excluding hydrogens is 718 g/mol. The van der Waals surface area contributed by atoms with Crippen LogP contribution in [0.5, 0.6) is 0 Å². The Balaban J connectivity index is 1.56. The number of rotatable bonds is 18. The van der Waals surface area contributed by atoms with Crippen molar-refractivity contribution in [3.8, 4) is 0 Å². The van der Waals surface area contributed by atoms with Gasteiger partial charge in [-0.25, -0.2) is 9.68 Å². The highest BCUT2D eigenvalue weighted by Crippen LogP contribution is 2.72. The average molecular weight is 766 g/mol. The average Bonchev–Trinajstić information content (AvgIpc) is 3.27. The molecule has 0 radical (unpaired) electrons. The minimum Gasteiger partial charge on any atom is -0.457 e. The number of fused-ring (bicyclic) bond motifs is 5. The molecule has 20 heteroatoms. The molecule has 3 unspecified atom stereocenters. The quantitative estimate of drug-likeness (QED) is 0.0457. The van der Waals surface area contributed by atoms with Crippen LogP contribution in [-0.2, 0) is 43.2 Å². The van der Waals surface area contributed by atoms with Crippen LogP contribution in [0.3, 0.4) is 0 Å². The van der Waals surface area contributed by atoms with E-state index in [9.17, 15) is 24.3 Å². The van der Waals surface area contributed by atoms with Crippen LogP contribution < -0.4 is 0 Å². The monoisotopic (exact) mass is 765 g/mol. The van der Waals surface area contributed by atoms with E-state index in [2.05, 4.69) is 14.5 Å². The molecule has 0 amide bonds. The van der Waals surface area contributed by atoms with Crippen molar-refractivity contribution in [2.75, 3.05) is 19.8 Å². The van der Waals surface area contributed by atoms with Gasteiger partial charge in [-0.3, -0.25) is 55.3 Å². The van der Waals surface area contributed by atoms with Gasteiger partial charge in [-0.2, -0.15) is 0 Å². The van der Waals surface area contributed by atoms with Gasteiger partial charge in [0, 0.05) is 29.6 Å². The summed E-state index contributed by atoms with van der Waals surface area (Å²) >= 11 is 7.54. The fourth-order valence-corrected chi connectivity index (χ4v) is 9.76. The lowest BCUT2D eigenvalue weighted by atomic mass is 9.45. The van der Waals surface area contributed by atoms with Crippen molar-refractivity contribution in [3.05, 3.63) is 23.8 Å². The Kier molecular flexibility index (Phi) is 13.7. The number of hydrogen-bond acceptors (Lipinski definition) is 19. The van der Waals surface area contributed by atoms with Gasteiger partial charge in [0.25, 0.3) is 0 Å². The van der Waals surface area contributed by atoms with Crippen molar-refractivity contribution < 1.29 is 79.5 Å². The number of nitrogens with zero attached hydrogens (tertiary/aromatic N) is 3. The first kappa shape index (κ1) is 42.3. The van der Waals surface area contributed by atoms with Crippen molar-refractivity contribution in [2.45, 2.75) is 101 Å². The van der Waals surface area contributed by atoms with Crippen LogP contribution in [0, 0.1) is 28.6 Å². The maximum Gasteiger partial charge on any atom is 0.306 e. The number of ether oxygens (including phenoxy) is 2. The van der Waals surface area contributed by atoms with Gasteiger partial charge in [-0.15, -0.1) is 11.6 Å². The molecule has 0 aliphatic heterocycles. The Morgan fingerprint density at radius 3 is 2.31 bits per heavy atom. The Morgan fingerprint density at radius 1 is 0.981 bits per heavy atom. The van der Waals surface area contributed by atoms with E-state index in [1.165, 1.54) is 6.08 Å². The SMILES string of the molecule is C[C@H]1CC2C3CCC4=CC(=O)C=C[C@]4(C)[C@@]3(Cl)[C@@H](O)C[C@]2(C)[C@@]1(OC(=O)CCCON(O)O)C(=O)COC(=O)CCCC(CON(O)O)ON(O)O. The lowest BCUT2D eigenvalue weighted by molar-refractivity contribution is -0.527. The number of ketones is 2. The fraction of sp³-hybridized carbons (Fsp3) is 0.750. The number of carbonyl (C=O) groups excluding carboxylic acids is 4. The van der Waals surface area contributed by atoms with Crippen molar-refractivity contribution in [3.63, 3.8) is 0 Å². The van der Waals surface area contributed by atoms with E-state index >= 15 is 0 Å². The predicted molar refractivity (Wildman–Crippen MR) is 169 cm³/mol. The maximum absolute atomic E-state index is 14.4. The second-order valence-electron chi connectivity index (χ2n) is 14.3. The molecule has 9 atom stereocenters. The minimum atomic E-state index is -1.88. The van der Waals surface area contributed by atoms with Crippen LogP contribution in [0.2, 0.25) is 0 Å². The second kappa shape index (κ2) is 16.9. The highest BCUT2D eigenvalue weighted by molar-refractivity contribution is 6.26. The van der Waals surface area contributed by atoms with E-state index in [0.717, 1.165) is 5.57 Å². The molecule has 0 aromatic carbocycles. The third-order valence-electron chi connectivity index (χ3n) is 11.5. The number of aliphatic hydroxyl groups excluding tert-OH is 1. The van der Waals surface area contributed by atoms with Crippen LogP contribution in [0.15, 0.2) is 23.8 Å². The van der Waals surface area contributed by atoms with Crippen molar-refractivity contribution >= 4 is 35.1 Å². The van der Waals surface area contributed by atoms with Gasteiger partial charge in [0.1, 0.15) is 12.7 Å². The molecule has 3 fully saturated rings. The highest BCUT2D eigenvalue weighted by Gasteiger charge is 2.76. The lowest BCUT2D eigenvalue weighted by Crippen LogP contribution is -2.69. The van der Waals surface area contributed by atoms with Crippen molar-refractivity contribution in [1.29, 1.82) is 0 Å². The largest absolute Gasteiger partial charge is 0.457 e. The summed E-state index contributed by atoms with van der Waals surface area (Å²) in [7, 11) is 0. The number of allylic oxidation sites excluding steroid dienone is 4. The molecule has 0 saturated heterocycles. The molecule has 4 aliphatic carbocycles. The summed E-state index contributed by atoms with van der Waals surface area (Å²) < 4.78 is 11.5. The van der Waals surface area contributed by atoms with Crippen molar-refractivity contribution in [2.24, 2.45) is 28.6 Å². The second-order valence-corrected chi connectivity index (χ2v) is 14.9. The van der Waals surface area contributed by atoms with E-state index in [-0.39, 0.29) is 62.8 Å². The molecule has 294 valence electrons. The summed E-state index contributed by atoms with van der Waals surface area (Å²) in [6.07, 6.45) is 3.11. The zero-order chi connectivity index (χ0) is 38.6. The highest BCUT2D eigenvalue weighted by atomic mass is 35.5. The van der Waals surface area contributed by atoms with Gasteiger partial charge in [-0.1, -0.05) is 32.4 Å². The standard InChI is InChI=1S/C32H48ClN3O16/c1-19-14-24-23-10-9-20-15-21(37)11-12-29(20,2)31(23,33)25(38)16-30(24,3)32(19,51-28(41)8-5-13-49-34(42)43)26(39)18-48-27(40)7-4-6-22(52-36(46)47)17-50-35(44)45/h11-12,15,19,22-25,38,42-47H,4-10,13-14,16-18H2,1-3H3/t19-,22?,23?,24?,25-,29-,30-,31-,32-/m0/s1. The third kappa shape index (κ3) is 8.27. The maximum atomic E-state index is 14.4. The number of halogens is 1. The zero-order valence-electron chi connectivity index (χ0n) is 29.1. The van der Waals surface area contributed by atoms with Gasteiger partial charge in [-0.05, 0) is 68.9 Å². The van der Waals surface area contributed by atoms with Crippen LogP contribution in [0.4, 0.5) is 0 Å². The smallest absolute Gasteiger partial charge is 0.306 e. The summed E-state index contributed by atoms with van der Waals surface area (Å²) in [5, 5.41) is 63.3. The van der Waals surface area contributed by atoms with Gasteiger partial charge >= 0.3 is 11.9 Å². The zero-order valence-corrected chi connectivity index (χ0v) is 29.9. The summed E-state index contributed by atoms with van der Waals surface area (Å²) in [5.41, 5.74) is -3.14. The first-order valence-electron chi connectivity index (χ1n) is 17.0. The Labute approximate surface area is 304 Å². The Morgan fingerprint density at radius 2 is 1.65 bits per heavy atom. The number of esters is 2.